The number of unbranched alkanes of at least 4 members (excludes halogenated alkanes) is 2. The van der Waals surface area contributed by atoms with Crippen molar-refractivity contribution in [3.63, 3.8) is 0 Å². The summed E-state index contributed by atoms with van der Waals surface area (Å²) < 4.78 is 0. The first-order chi connectivity index (χ1) is 15.8. The molecule has 1 radical (unpaired) electrons. The molecule has 0 spiro atoms. The summed E-state index contributed by atoms with van der Waals surface area (Å²) in [7, 11) is 0. The van der Waals surface area contributed by atoms with Crippen LogP contribution in [0, 0.1) is 28.0 Å². The van der Waals surface area contributed by atoms with Gasteiger partial charge in [0.2, 0.25) is 11.8 Å². The quantitative estimate of drug-likeness (QED) is 0.0840. The summed E-state index contributed by atoms with van der Waals surface area (Å²) in [6.07, 6.45) is 5.52. The van der Waals surface area contributed by atoms with E-state index in [1.54, 1.807) is 12.0 Å². The second-order valence-electron chi connectivity index (χ2n) is 8.32. The van der Waals surface area contributed by atoms with Gasteiger partial charge in [0.1, 0.15) is 6.04 Å². The molecule has 2 amide bonds. The van der Waals surface area contributed by atoms with Crippen LogP contribution in [0.1, 0.15) is 64.4 Å². The molecular weight excluding hydrogens is 424 g/mol. The second kappa shape index (κ2) is 16.5. The van der Waals surface area contributed by atoms with Gasteiger partial charge in [-0.1, -0.05) is 56.0 Å². The fourth-order valence-corrected chi connectivity index (χ4v) is 3.12. The molecule has 5 N–H and O–H groups in total. The van der Waals surface area contributed by atoms with Crippen molar-refractivity contribution in [1.29, 1.82) is 5.41 Å². The number of carbonyl (C=O) groups is 2. The molecule has 0 heterocycles. The minimum Gasteiger partial charge on any atom is -0.352 e. The smallest absolute Gasteiger partial charge is 0.251 e. The Bertz CT molecular complexity index is 742. The highest BCUT2D eigenvalue weighted by molar-refractivity contribution is 5.87. The molecule has 1 aromatic rings. The fraction of sp³-hybridized carbons (Fsp3) is 0.565. The van der Waals surface area contributed by atoms with Crippen LogP contribution in [0.3, 0.4) is 0 Å². The van der Waals surface area contributed by atoms with Crippen LogP contribution in [0.25, 0.3) is 0 Å². The molecule has 0 bridgehead atoms. The number of aryl methyl sites for hydroxylation is 1. The number of benzene rings is 1. The van der Waals surface area contributed by atoms with Crippen LogP contribution in [0.4, 0.5) is 0 Å². The van der Waals surface area contributed by atoms with Crippen molar-refractivity contribution in [2.75, 3.05) is 6.54 Å². The number of nitrogens with zero attached hydrogens (tertiary/aromatic N) is 1. The monoisotopic (exact) mass is 461 g/mol. The number of carbonyl (C=O) groups excluding carboxylic acids is 2. The van der Waals surface area contributed by atoms with Crippen molar-refractivity contribution in [3.05, 3.63) is 52.6 Å². The molecule has 0 saturated heterocycles. The molecule has 0 aliphatic heterocycles. The fourth-order valence-electron chi connectivity index (χ4n) is 3.12. The topological polar surface area (TPSA) is 149 Å². The average Bonchev–Trinajstić information content (AvgIpc) is 2.75. The zero-order chi connectivity index (χ0) is 24.5. The van der Waals surface area contributed by atoms with Gasteiger partial charge in [0, 0.05) is 19.5 Å². The highest BCUT2D eigenvalue weighted by Crippen LogP contribution is 2.08. The van der Waals surface area contributed by atoms with Gasteiger partial charge in [-0.15, -0.1) is 0 Å². The lowest BCUT2D eigenvalue weighted by molar-refractivity contribution is -0.525. The van der Waals surface area contributed by atoms with E-state index < -0.39 is 17.0 Å². The van der Waals surface area contributed by atoms with E-state index in [9.17, 15) is 19.7 Å². The summed E-state index contributed by atoms with van der Waals surface area (Å²) in [6, 6.07) is 9.51. The summed E-state index contributed by atoms with van der Waals surface area (Å²) in [5.74, 6) is -0.481. The Kier molecular flexibility index (Phi) is 13.9. The molecule has 183 valence electrons. The average molecular weight is 462 g/mol. The van der Waals surface area contributed by atoms with Gasteiger partial charge in [-0.05, 0) is 50.0 Å². The Morgan fingerprint density at radius 2 is 1.85 bits per heavy atom. The van der Waals surface area contributed by atoms with E-state index in [1.165, 1.54) is 5.56 Å². The van der Waals surface area contributed by atoms with E-state index >= 15 is 0 Å². The number of rotatable bonds is 16. The molecule has 1 aromatic carbocycles. The normalized spacial score (nSPS) is 11.5. The van der Waals surface area contributed by atoms with E-state index in [4.69, 9.17) is 5.41 Å². The third-order valence-corrected chi connectivity index (χ3v) is 4.87. The Morgan fingerprint density at radius 1 is 1.12 bits per heavy atom. The molecule has 1 rings (SSSR count). The second-order valence-corrected chi connectivity index (χ2v) is 8.32. The summed E-state index contributed by atoms with van der Waals surface area (Å²) >= 11 is 0. The molecule has 0 fully saturated rings. The Morgan fingerprint density at radius 3 is 2.52 bits per heavy atom. The van der Waals surface area contributed by atoms with Crippen LogP contribution >= 0.6 is 0 Å². The summed E-state index contributed by atoms with van der Waals surface area (Å²) in [4.78, 5) is 35.3. The number of amides is 2. The Hall–Kier alpha value is -3.17. The number of nitrogens with one attached hydrogen (secondary N) is 5. The van der Waals surface area contributed by atoms with Crippen molar-refractivity contribution in [1.82, 2.24) is 21.4 Å². The molecule has 0 aliphatic carbocycles. The number of hydrogen-bond acceptors (Lipinski definition) is 5. The van der Waals surface area contributed by atoms with Gasteiger partial charge in [-0.2, -0.15) is 0 Å². The maximum Gasteiger partial charge on any atom is 0.251 e. The van der Waals surface area contributed by atoms with E-state index in [2.05, 4.69) is 28.1 Å². The van der Waals surface area contributed by atoms with Crippen molar-refractivity contribution >= 4 is 17.8 Å². The summed E-state index contributed by atoms with van der Waals surface area (Å²) in [5.41, 5.74) is 2.99. The molecule has 0 unspecified atom stereocenters. The third kappa shape index (κ3) is 14.5. The number of guanidine groups is 1. The van der Waals surface area contributed by atoms with E-state index in [0.29, 0.717) is 25.2 Å². The molecule has 0 aromatic heterocycles. The van der Waals surface area contributed by atoms with Gasteiger partial charge in [-0.25, -0.2) is 10.1 Å². The molecule has 1 atom stereocenters. The minimum absolute atomic E-state index is 0.172. The number of hydrogen-bond donors (Lipinski definition) is 5. The standard InChI is InChI=1S/C23H37N6O4/c1-18(2)15-17-25-22(31)20(13-9-16-26-23(24)28-29(32)33)27-21(30)14-8-4-7-12-19-10-5-3-6-11-19/h3,5-6,10-11,17-18,20H,4,7-9,12-16H2,1-2H3,(H,25,31)(H,27,30)(H3,24,26,28)/t20-/m0/s1. The molecule has 0 aliphatic rings. The number of nitro groups is 1. The highest BCUT2D eigenvalue weighted by Gasteiger charge is 2.20. The first-order valence-corrected chi connectivity index (χ1v) is 11.5. The van der Waals surface area contributed by atoms with Crippen molar-refractivity contribution < 1.29 is 14.6 Å². The first kappa shape index (κ1) is 27.9. The highest BCUT2D eigenvalue weighted by atomic mass is 16.7. The van der Waals surface area contributed by atoms with Gasteiger partial charge in [0.25, 0.3) is 5.96 Å². The lowest BCUT2D eigenvalue weighted by Gasteiger charge is -2.19. The summed E-state index contributed by atoms with van der Waals surface area (Å²) in [5, 5.41) is 25.0. The molecular formula is C23H37N6O4. The molecule has 10 heteroatoms. The Labute approximate surface area is 195 Å². The van der Waals surface area contributed by atoms with E-state index in [-0.39, 0.29) is 18.4 Å². The maximum absolute atomic E-state index is 12.5. The molecule has 0 saturated carbocycles. The zero-order valence-electron chi connectivity index (χ0n) is 19.6. The van der Waals surface area contributed by atoms with Gasteiger partial charge < -0.3 is 16.0 Å². The number of hydrazine groups is 1. The predicted molar refractivity (Wildman–Crippen MR) is 128 cm³/mol. The Balaban J connectivity index is 2.40. The van der Waals surface area contributed by atoms with Crippen molar-refractivity contribution in [3.8, 4) is 0 Å². The van der Waals surface area contributed by atoms with Crippen molar-refractivity contribution in [2.45, 2.75) is 71.3 Å². The third-order valence-electron chi connectivity index (χ3n) is 4.87. The van der Waals surface area contributed by atoms with Crippen LogP contribution in [0.5, 0.6) is 0 Å². The van der Waals surface area contributed by atoms with Gasteiger partial charge in [-0.3, -0.25) is 15.0 Å². The van der Waals surface area contributed by atoms with Crippen LogP contribution in [0.2, 0.25) is 0 Å². The van der Waals surface area contributed by atoms with Crippen LogP contribution in [-0.2, 0) is 16.0 Å². The largest absolute Gasteiger partial charge is 0.352 e. The first-order valence-electron chi connectivity index (χ1n) is 11.5. The van der Waals surface area contributed by atoms with Gasteiger partial charge in [0.05, 0.1) is 0 Å². The maximum atomic E-state index is 12.5. The minimum atomic E-state index is -0.823. The zero-order valence-corrected chi connectivity index (χ0v) is 19.6. The van der Waals surface area contributed by atoms with Crippen molar-refractivity contribution in [2.24, 2.45) is 5.92 Å². The summed E-state index contributed by atoms with van der Waals surface area (Å²) in [6.45, 7) is 6.04. The van der Waals surface area contributed by atoms with Crippen LogP contribution < -0.4 is 21.4 Å². The van der Waals surface area contributed by atoms with Gasteiger partial charge >= 0.3 is 0 Å². The van der Waals surface area contributed by atoms with E-state index in [0.717, 1.165) is 32.1 Å². The van der Waals surface area contributed by atoms with Crippen LogP contribution in [0.15, 0.2) is 30.3 Å². The lowest BCUT2D eigenvalue weighted by atomic mass is 10.1. The lowest BCUT2D eigenvalue weighted by Crippen LogP contribution is -2.46. The van der Waals surface area contributed by atoms with Crippen LogP contribution in [-0.4, -0.2) is 35.4 Å². The molecule has 10 nitrogen and oxygen atoms in total. The predicted octanol–water partition coefficient (Wildman–Crippen LogP) is 2.68. The molecule has 33 heavy (non-hydrogen) atoms. The van der Waals surface area contributed by atoms with Gasteiger partial charge in [0.15, 0.2) is 5.03 Å². The van der Waals surface area contributed by atoms with E-state index in [1.807, 2.05) is 32.0 Å². The SMILES string of the molecule is CC(C)C[CH]NC(=O)[C@H](CCCNC(=N)N[N+](=O)[O-])NC(=O)CCCCCc1ccccc1.